The molecule has 1 heterocycles. The van der Waals surface area contributed by atoms with Gasteiger partial charge in [0.25, 0.3) is 0 Å². The first-order valence-corrected chi connectivity index (χ1v) is 13.9. The molecule has 198 valence electrons. The molecule has 2 nitrogen and oxygen atoms in total. The zero-order valence-electron chi connectivity index (χ0n) is 27.6. The Hall–Kier alpha value is -5.60. The molecule has 0 fully saturated rings. The van der Waals surface area contributed by atoms with E-state index in [1.807, 2.05) is 72.8 Å². The Bertz CT molecular complexity index is 2450. The minimum absolute atomic E-state index is 0.147. The third kappa shape index (κ3) is 3.96. The van der Waals surface area contributed by atoms with E-state index in [1.54, 1.807) is 12.1 Å². The van der Waals surface area contributed by atoms with Crippen LogP contribution in [0.5, 0.6) is 0 Å². The van der Waals surface area contributed by atoms with Crippen molar-refractivity contribution in [3.8, 4) is 22.3 Å². The Kier molecular flexibility index (Phi) is 4.68. The molecular formula is C40H27NO. The van der Waals surface area contributed by atoms with Crippen molar-refractivity contribution in [1.82, 2.24) is 0 Å². The Balaban J connectivity index is 1.50. The normalized spacial score (nSPS) is 13.0. The molecule has 0 N–H and O–H groups in total. The molecule has 0 amide bonds. The molecule has 8 rings (SSSR count). The molecule has 0 saturated heterocycles. The van der Waals surface area contributed by atoms with Gasteiger partial charge >= 0.3 is 0 Å². The van der Waals surface area contributed by atoms with Gasteiger partial charge in [-0.15, -0.1) is 0 Å². The Morgan fingerprint density at radius 2 is 1.17 bits per heavy atom. The van der Waals surface area contributed by atoms with Gasteiger partial charge in [0.1, 0.15) is 11.2 Å². The lowest BCUT2D eigenvalue weighted by Gasteiger charge is -2.29. The molecule has 0 bridgehead atoms. The van der Waals surface area contributed by atoms with Crippen LogP contribution in [0.15, 0.2) is 168 Å². The second-order valence-corrected chi connectivity index (χ2v) is 10.2. The van der Waals surface area contributed by atoms with Crippen molar-refractivity contribution in [3.05, 3.63) is 164 Å². The smallest absolute Gasteiger partial charge is 0.143 e. The molecule has 0 aliphatic rings. The summed E-state index contributed by atoms with van der Waals surface area (Å²) in [5.41, 5.74) is 6.95. The molecule has 8 aromatic rings. The number of hydrogen-bond donors (Lipinski definition) is 0. The maximum atomic E-state index is 8.77. The lowest BCUT2D eigenvalue weighted by atomic mass is 9.96. The van der Waals surface area contributed by atoms with Gasteiger partial charge in [-0.3, -0.25) is 0 Å². The van der Waals surface area contributed by atoms with Gasteiger partial charge in [-0.1, -0.05) is 133 Å². The fourth-order valence-electron chi connectivity index (χ4n) is 5.92. The predicted molar refractivity (Wildman–Crippen MR) is 177 cm³/mol. The van der Waals surface area contributed by atoms with E-state index in [4.69, 9.17) is 11.3 Å². The molecule has 7 aromatic carbocycles. The molecule has 0 aliphatic heterocycles. The number of furan rings is 1. The van der Waals surface area contributed by atoms with Crippen molar-refractivity contribution in [1.29, 1.82) is 0 Å². The number of hydrogen-bond acceptors (Lipinski definition) is 2. The predicted octanol–water partition coefficient (Wildman–Crippen LogP) is 11.5. The van der Waals surface area contributed by atoms with Gasteiger partial charge in [-0.05, 0) is 47.0 Å². The lowest BCUT2D eigenvalue weighted by Crippen LogP contribution is -2.11. The van der Waals surface area contributed by atoms with Gasteiger partial charge in [0.05, 0.1) is 18.2 Å². The van der Waals surface area contributed by atoms with Gasteiger partial charge in [0, 0.05) is 32.8 Å². The second kappa shape index (κ2) is 10.1. The van der Waals surface area contributed by atoms with Crippen LogP contribution in [-0.2, 0) is 0 Å². The minimum atomic E-state index is -0.420. The van der Waals surface area contributed by atoms with E-state index in [2.05, 4.69) is 53.4 Å². The van der Waals surface area contributed by atoms with E-state index >= 15 is 0 Å². The summed E-state index contributed by atoms with van der Waals surface area (Å²) in [5, 5.41) is 3.36. The van der Waals surface area contributed by atoms with Gasteiger partial charge in [0.2, 0.25) is 0 Å². The van der Waals surface area contributed by atoms with Crippen molar-refractivity contribution >= 4 is 49.8 Å². The van der Waals surface area contributed by atoms with Crippen molar-refractivity contribution in [2.45, 2.75) is 0 Å². The Labute approximate surface area is 251 Å². The standard InChI is InChI=1S/C40H27NO/c1-4-15-28(16-5-1)31-21-12-13-25-36(31)41(30-19-8-3-9-20-30)37-27-35-39-32(29-17-6-2-7-18-29)24-14-26-38(39)42-40(35)34-23-11-10-22-33(34)37/h1-27H/i2D,6D,7D,17D,18D. The maximum absolute atomic E-state index is 8.77. The quantitative estimate of drug-likeness (QED) is 0.215. The fourth-order valence-corrected chi connectivity index (χ4v) is 5.92. The topological polar surface area (TPSA) is 16.4 Å². The minimum Gasteiger partial charge on any atom is -0.455 e. The fraction of sp³-hybridized carbons (Fsp3) is 0. The summed E-state index contributed by atoms with van der Waals surface area (Å²) in [6.07, 6.45) is 0. The van der Waals surface area contributed by atoms with Gasteiger partial charge < -0.3 is 9.32 Å². The van der Waals surface area contributed by atoms with E-state index < -0.39 is 6.04 Å². The molecule has 1 aromatic heterocycles. The lowest BCUT2D eigenvalue weighted by molar-refractivity contribution is 0.673. The third-order valence-corrected chi connectivity index (χ3v) is 7.74. The number of rotatable bonds is 5. The average Bonchev–Trinajstić information content (AvgIpc) is 3.51. The summed E-state index contributed by atoms with van der Waals surface area (Å²) < 4.78 is 49.0. The van der Waals surface area contributed by atoms with Gasteiger partial charge in [-0.2, -0.15) is 0 Å². The van der Waals surface area contributed by atoms with Crippen LogP contribution in [0.1, 0.15) is 6.85 Å². The van der Waals surface area contributed by atoms with Crippen LogP contribution in [0, 0.1) is 0 Å². The van der Waals surface area contributed by atoms with Crippen LogP contribution in [0.3, 0.4) is 0 Å². The van der Waals surface area contributed by atoms with Gasteiger partial charge in [-0.25, -0.2) is 0 Å². The van der Waals surface area contributed by atoms with Crippen LogP contribution in [0.25, 0.3) is 55.0 Å². The van der Waals surface area contributed by atoms with Gasteiger partial charge in [0.15, 0.2) is 0 Å². The molecule has 0 spiro atoms. The number of nitrogens with zero attached hydrogens (tertiary/aromatic N) is 1. The molecule has 0 saturated carbocycles. The zero-order valence-corrected chi connectivity index (χ0v) is 22.6. The average molecular weight is 543 g/mol. The van der Waals surface area contributed by atoms with Crippen LogP contribution >= 0.6 is 0 Å². The number of anilines is 3. The monoisotopic (exact) mass is 542 g/mol. The van der Waals surface area contributed by atoms with Crippen LogP contribution in [0.4, 0.5) is 17.1 Å². The van der Waals surface area contributed by atoms with Crippen molar-refractivity contribution < 1.29 is 11.3 Å². The third-order valence-electron chi connectivity index (χ3n) is 7.74. The van der Waals surface area contributed by atoms with E-state index in [-0.39, 0.29) is 29.7 Å². The highest BCUT2D eigenvalue weighted by atomic mass is 16.3. The molecule has 2 heteroatoms. The van der Waals surface area contributed by atoms with Crippen LogP contribution < -0.4 is 4.90 Å². The van der Waals surface area contributed by atoms with E-state index in [0.717, 1.165) is 44.3 Å². The Morgan fingerprint density at radius 1 is 0.500 bits per heavy atom. The van der Waals surface area contributed by atoms with E-state index in [0.29, 0.717) is 22.1 Å². The molecular weight excluding hydrogens is 510 g/mol. The first kappa shape index (κ1) is 19.5. The highest BCUT2D eigenvalue weighted by Gasteiger charge is 2.23. The number of para-hydroxylation sites is 2. The van der Waals surface area contributed by atoms with Crippen molar-refractivity contribution in [3.63, 3.8) is 0 Å². The summed E-state index contributed by atoms with van der Waals surface area (Å²) >= 11 is 0. The number of benzene rings is 7. The first-order valence-electron chi connectivity index (χ1n) is 16.4. The summed E-state index contributed by atoms with van der Waals surface area (Å²) in [6, 6.07) is 43.0. The largest absolute Gasteiger partial charge is 0.455 e. The molecule has 0 aliphatic carbocycles. The summed E-state index contributed by atoms with van der Waals surface area (Å²) in [7, 11) is 0. The van der Waals surface area contributed by atoms with Crippen molar-refractivity contribution in [2.24, 2.45) is 0 Å². The molecule has 0 unspecified atom stereocenters. The van der Waals surface area contributed by atoms with E-state index in [1.165, 1.54) is 0 Å². The van der Waals surface area contributed by atoms with E-state index in [9.17, 15) is 0 Å². The van der Waals surface area contributed by atoms with Crippen molar-refractivity contribution in [2.75, 3.05) is 4.90 Å². The molecule has 0 atom stereocenters. The Morgan fingerprint density at radius 3 is 1.98 bits per heavy atom. The summed E-state index contributed by atoms with van der Waals surface area (Å²) in [6.45, 7) is 0. The second-order valence-electron chi connectivity index (χ2n) is 10.2. The zero-order chi connectivity index (χ0) is 32.2. The van der Waals surface area contributed by atoms with Crippen LogP contribution in [0.2, 0.25) is 0 Å². The molecule has 0 radical (unpaired) electrons. The highest BCUT2D eigenvalue weighted by Crippen LogP contribution is 2.47. The maximum Gasteiger partial charge on any atom is 0.143 e. The SMILES string of the molecule is [2H]c1c([2H])c([2H])c(-c2cccc3oc4c5ccccc5c(N(c5ccccc5)c5ccccc5-c5ccccc5)cc4c23)c([2H])c1[2H]. The molecule has 42 heavy (non-hydrogen) atoms. The van der Waals surface area contributed by atoms with Crippen LogP contribution in [-0.4, -0.2) is 0 Å². The first-order chi connectivity index (χ1) is 22.9. The summed E-state index contributed by atoms with van der Waals surface area (Å²) in [5.74, 6) is 0. The number of fused-ring (bicyclic) bond motifs is 5. The summed E-state index contributed by atoms with van der Waals surface area (Å²) in [4.78, 5) is 2.26. The highest BCUT2D eigenvalue weighted by molar-refractivity contribution is 6.22.